The maximum absolute atomic E-state index is 4.32. The molecule has 0 fully saturated rings. The highest BCUT2D eigenvalue weighted by Crippen LogP contribution is 2.06. The van der Waals surface area contributed by atoms with Gasteiger partial charge >= 0.3 is 0 Å². The van der Waals surface area contributed by atoms with E-state index in [0.29, 0.717) is 6.04 Å². The first-order valence-electron chi connectivity index (χ1n) is 5.43. The van der Waals surface area contributed by atoms with Crippen molar-refractivity contribution in [2.24, 2.45) is 7.05 Å². The van der Waals surface area contributed by atoms with Crippen LogP contribution in [0.1, 0.15) is 25.1 Å². The molecule has 0 aliphatic rings. The van der Waals surface area contributed by atoms with Crippen LogP contribution in [0.4, 0.5) is 0 Å². The number of nitrogens with zero attached hydrogens (tertiary/aromatic N) is 2. The molecular weight excluding hydrogens is 206 g/mol. The van der Waals surface area contributed by atoms with Crippen molar-refractivity contribution in [2.45, 2.75) is 33.4 Å². The first kappa shape index (κ1) is 12.6. The summed E-state index contributed by atoms with van der Waals surface area (Å²) in [5.41, 5.74) is 2.42. The van der Waals surface area contributed by atoms with E-state index in [1.807, 2.05) is 23.5 Å². The molecule has 1 heterocycles. The minimum atomic E-state index is 0.564. The van der Waals surface area contributed by atoms with Gasteiger partial charge in [-0.05, 0) is 19.6 Å². The summed E-state index contributed by atoms with van der Waals surface area (Å²) in [6, 6.07) is 0.564. The van der Waals surface area contributed by atoms with Crippen LogP contribution in [-0.4, -0.2) is 27.3 Å². The summed E-state index contributed by atoms with van der Waals surface area (Å²) in [5, 5.41) is 7.84. The smallest absolute Gasteiger partial charge is 0.0638 e. The van der Waals surface area contributed by atoms with Gasteiger partial charge in [-0.15, -0.1) is 0 Å². The third-order valence-electron chi connectivity index (χ3n) is 2.33. The summed E-state index contributed by atoms with van der Waals surface area (Å²) in [5.74, 6) is 2.37. The van der Waals surface area contributed by atoms with Crippen LogP contribution in [0.2, 0.25) is 0 Å². The molecule has 1 N–H and O–H groups in total. The lowest BCUT2D eigenvalue weighted by Gasteiger charge is -2.12. The predicted octanol–water partition coefficient (Wildman–Crippen LogP) is 1.96. The monoisotopic (exact) mass is 227 g/mol. The number of hydrogen-bond donors (Lipinski definition) is 1. The molecule has 1 atom stereocenters. The van der Waals surface area contributed by atoms with E-state index in [9.17, 15) is 0 Å². The summed E-state index contributed by atoms with van der Waals surface area (Å²) < 4.78 is 1.87. The van der Waals surface area contributed by atoms with E-state index in [-0.39, 0.29) is 0 Å². The molecule has 4 heteroatoms. The number of aryl methyl sites for hydroxylation is 2. The quantitative estimate of drug-likeness (QED) is 0.805. The summed E-state index contributed by atoms with van der Waals surface area (Å²) in [6.45, 7) is 7.41. The molecule has 0 saturated heterocycles. The summed E-state index contributed by atoms with van der Waals surface area (Å²) >= 11 is 1.98. The Morgan fingerprint density at radius 1 is 1.60 bits per heavy atom. The molecule has 0 bridgehead atoms. The van der Waals surface area contributed by atoms with E-state index in [2.05, 4.69) is 37.4 Å². The molecule has 0 aromatic carbocycles. The molecule has 1 unspecified atom stereocenters. The van der Waals surface area contributed by atoms with Crippen LogP contribution in [0.5, 0.6) is 0 Å². The molecule has 1 rings (SSSR count). The standard InChI is InChI=1S/C11H21N3S/c1-5-15-8-9(2)12-6-11-7-14(4)13-10(11)3/h7,9,12H,5-6,8H2,1-4H3. The Balaban J connectivity index is 2.33. The van der Waals surface area contributed by atoms with Crippen molar-refractivity contribution in [1.29, 1.82) is 0 Å². The van der Waals surface area contributed by atoms with Gasteiger partial charge < -0.3 is 5.32 Å². The SMILES string of the molecule is CCSCC(C)NCc1cn(C)nc1C. The minimum absolute atomic E-state index is 0.564. The van der Waals surface area contributed by atoms with E-state index in [1.54, 1.807) is 0 Å². The average Bonchev–Trinajstić information content (AvgIpc) is 2.51. The molecule has 15 heavy (non-hydrogen) atoms. The van der Waals surface area contributed by atoms with Crippen molar-refractivity contribution >= 4 is 11.8 Å². The second kappa shape index (κ2) is 6.18. The van der Waals surface area contributed by atoms with E-state index < -0.39 is 0 Å². The van der Waals surface area contributed by atoms with Crippen LogP contribution in [0.25, 0.3) is 0 Å². The lowest BCUT2D eigenvalue weighted by molar-refractivity contribution is 0.594. The summed E-state index contributed by atoms with van der Waals surface area (Å²) in [6.07, 6.45) is 2.09. The minimum Gasteiger partial charge on any atom is -0.309 e. The molecule has 3 nitrogen and oxygen atoms in total. The number of hydrogen-bond acceptors (Lipinski definition) is 3. The molecule has 0 aliphatic heterocycles. The van der Waals surface area contributed by atoms with Gasteiger partial charge in [0.05, 0.1) is 5.69 Å². The first-order chi connectivity index (χ1) is 7.13. The van der Waals surface area contributed by atoms with Crippen molar-refractivity contribution in [3.8, 4) is 0 Å². The Morgan fingerprint density at radius 3 is 2.87 bits per heavy atom. The Labute approximate surface area is 96.6 Å². The number of aromatic nitrogens is 2. The van der Waals surface area contributed by atoms with Crippen LogP contribution in [0.15, 0.2) is 6.20 Å². The molecule has 1 aromatic heterocycles. The third-order valence-corrected chi connectivity index (χ3v) is 3.47. The fraction of sp³-hybridized carbons (Fsp3) is 0.727. The van der Waals surface area contributed by atoms with E-state index in [0.717, 1.165) is 12.2 Å². The molecular formula is C11H21N3S. The Bertz CT molecular complexity index is 296. The number of thioether (sulfide) groups is 1. The Kier molecular flexibility index (Phi) is 5.19. The fourth-order valence-electron chi connectivity index (χ4n) is 1.46. The number of rotatable bonds is 6. The second-order valence-electron chi connectivity index (χ2n) is 3.85. The fourth-order valence-corrected chi connectivity index (χ4v) is 2.17. The van der Waals surface area contributed by atoms with Gasteiger partial charge in [-0.3, -0.25) is 4.68 Å². The zero-order valence-electron chi connectivity index (χ0n) is 10.1. The van der Waals surface area contributed by atoms with Crippen molar-refractivity contribution in [3.63, 3.8) is 0 Å². The van der Waals surface area contributed by atoms with Crippen LogP contribution < -0.4 is 5.32 Å². The van der Waals surface area contributed by atoms with E-state index in [4.69, 9.17) is 0 Å². The van der Waals surface area contributed by atoms with Gasteiger partial charge in [0.25, 0.3) is 0 Å². The third kappa shape index (κ3) is 4.26. The molecule has 1 aromatic rings. The van der Waals surface area contributed by atoms with Gasteiger partial charge in [0, 0.05) is 37.1 Å². The first-order valence-corrected chi connectivity index (χ1v) is 6.59. The topological polar surface area (TPSA) is 29.9 Å². The largest absolute Gasteiger partial charge is 0.309 e. The van der Waals surface area contributed by atoms with E-state index >= 15 is 0 Å². The maximum Gasteiger partial charge on any atom is 0.0638 e. The molecule has 0 spiro atoms. The maximum atomic E-state index is 4.32. The molecule has 0 aliphatic carbocycles. The predicted molar refractivity (Wildman–Crippen MR) is 67.2 cm³/mol. The van der Waals surface area contributed by atoms with Gasteiger partial charge in [0.1, 0.15) is 0 Å². The normalized spacial score (nSPS) is 13.1. The van der Waals surface area contributed by atoms with Gasteiger partial charge in [-0.1, -0.05) is 6.92 Å². The summed E-state index contributed by atoms with van der Waals surface area (Å²) in [7, 11) is 1.97. The van der Waals surface area contributed by atoms with Crippen molar-refractivity contribution in [3.05, 3.63) is 17.5 Å². The molecule has 0 amide bonds. The van der Waals surface area contributed by atoms with Gasteiger partial charge in [-0.25, -0.2) is 0 Å². The van der Waals surface area contributed by atoms with Crippen molar-refractivity contribution < 1.29 is 0 Å². The van der Waals surface area contributed by atoms with E-state index in [1.165, 1.54) is 17.1 Å². The van der Waals surface area contributed by atoms with Crippen LogP contribution in [0, 0.1) is 6.92 Å². The molecule has 86 valence electrons. The highest BCUT2D eigenvalue weighted by atomic mass is 32.2. The Morgan fingerprint density at radius 2 is 2.33 bits per heavy atom. The van der Waals surface area contributed by atoms with Crippen molar-refractivity contribution in [2.75, 3.05) is 11.5 Å². The van der Waals surface area contributed by atoms with Gasteiger partial charge in [0.2, 0.25) is 0 Å². The highest BCUT2D eigenvalue weighted by Gasteiger charge is 2.05. The van der Waals surface area contributed by atoms with Crippen LogP contribution >= 0.6 is 11.8 Å². The average molecular weight is 227 g/mol. The summed E-state index contributed by atoms with van der Waals surface area (Å²) in [4.78, 5) is 0. The van der Waals surface area contributed by atoms with Crippen molar-refractivity contribution in [1.82, 2.24) is 15.1 Å². The lowest BCUT2D eigenvalue weighted by Crippen LogP contribution is -2.27. The van der Waals surface area contributed by atoms with Crippen LogP contribution in [0.3, 0.4) is 0 Å². The highest BCUT2D eigenvalue weighted by molar-refractivity contribution is 7.99. The van der Waals surface area contributed by atoms with Gasteiger partial charge in [-0.2, -0.15) is 16.9 Å². The van der Waals surface area contributed by atoms with Gasteiger partial charge in [0.15, 0.2) is 0 Å². The zero-order valence-corrected chi connectivity index (χ0v) is 10.9. The number of nitrogens with one attached hydrogen (secondary N) is 1. The zero-order chi connectivity index (χ0) is 11.3. The molecule has 0 radical (unpaired) electrons. The molecule has 0 saturated carbocycles. The van der Waals surface area contributed by atoms with Crippen LogP contribution in [-0.2, 0) is 13.6 Å². The lowest BCUT2D eigenvalue weighted by atomic mass is 10.2. The second-order valence-corrected chi connectivity index (χ2v) is 5.17. The Hall–Kier alpha value is -0.480.